The van der Waals surface area contributed by atoms with Crippen LogP contribution in [0.15, 0.2) is 164 Å². The average Bonchev–Trinajstić information content (AvgIpc) is 3.73. The van der Waals surface area contributed by atoms with Gasteiger partial charge in [0.15, 0.2) is 0 Å². The van der Waals surface area contributed by atoms with E-state index in [1.807, 2.05) is 23.5 Å². The summed E-state index contributed by atoms with van der Waals surface area (Å²) in [4.78, 5) is 10.3. The lowest BCUT2D eigenvalue weighted by Crippen LogP contribution is -1.97. The highest BCUT2D eigenvalue weighted by atomic mass is 32.1. The van der Waals surface area contributed by atoms with Crippen LogP contribution in [-0.2, 0) is 0 Å². The standard InChI is InChI=1S/C44H27N3S/c1-2-10-32(11-3-1)47-40-16-8-7-15-39(40)46-44(47)31-24-20-29(21-25-31)28-18-22-30(23-19-28)43-37-27-42-36(34-13-5-9-17-41(34)48-42)26-35(37)33-12-4-6-14-38(33)45-43/h1-27H. The van der Waals surface area contributed by atoms with E-state index in [2.05, 4.69) is 156 Å². The van der Waals surface area contributed by atoms with Gasteiger partial charge in [-0.05, 0) is 65.0 Å². The van der Waals surface area contributed by atoms with E-state index in [1.54, 1.807) is 0 Å². The molecule has 0 radical (unpaired) electrons. The molecule has 0 spiro atoms. The third kappa shape index (κ3) is 4.27. The number of hydrogen-bond acceptors (Lipinski definition) is 3. The number of hydrogen-bond donors (Lipinski definition) is 0. The van der Waals surface area contributed by atoms with Gasteiger partial charge in [0.2, 0.25) is 0 Å². The highest BCUT2D eigenvalue weighted by molar-refractivity contribution is 7.25. The van der Waals surface area contributed by atoms with Gasteiger partial charge in [0.1, 0.15) is 5.82 Å². The second-order valence-electron chi connectivity index (χ2n) is 12.2. The Morgan fingerprint density at radius 1 is 0.396 bits per heavy atom. The van der Waals surface area contributed by atoms with Crippen LogP contribution < -0.4 is 0 Å². The highest BCUT2D eigenvalue weighted by Gasteiger charge is 2.16. The Bertz CT molecular complexity index is 2810. The molecule has 3 heterocycles. The van der Waals surface area contributed by atoms with E-state index in [9.17, 15) is 0 Å². The van der Waals surface area contributed by atoms with Gasteiger partial charge in [-0.15, -0.1) is 11.3 Å². The number of fused-ring (bicyclic) bond motifs is 7. The SMILES string of the molecule is c1ccc(-n2c(-c3ccc(-c4ccc(-c5nc6ccccc6c6cc7c(cc56)sc5ccccc57)cc4)cc3)nc3ccccc32)cc1. The van der Waals surface area contributed by atoms with Crippen molar-refractivity contribution in [2.75, 3.05) is 0 Å². The van der Waals surface area contributed by atoms with Crippen molar-refractivity contribution in [1.82, 2.24) is 14.5 Å². The number of pyridine rings is 1. The molecular weight excluding hydrogens is 603 g/mol. The third-order valence-electron chi connectivity index (χ3n) is 9.41. The summed E-state index contributed by atoms with van der Waals surface area (Å²) in [7, 11) is 0. The first-order valence-corrected chi connectivity index (χ1v) is 17.0. The monoisotopic (exact) mass is 629 g/mol. The normalized spacial score (nSPS) is 11.8. The first-order chi connectivity index (χ1) is 23.8. The highest BCUT2D eigenvalue weighted by Crippen LogP contribution is 2.41. The van der Waals surface area contributed by atoms with Crippen molar-refractivity contribution in [1.29, 1.82) is 0 Å². The summed E-state index contributed by atoms with van der Waals surface area (Å²) in [5.74, 6) is 0.936. The first-order valence-electron chi connectivity index (χ1n) is 16.2. The largest absolute Gasteiger partial charge is 0.292 e. The van der Waals surface area contributed by atoms with E-state index in [-0.39, 0.29) is 0 Å². The topological polar surface area (TPSA) is 30.7 Å². The predicted molar refractivity (Wildman–Crippen MR) is 203 cm³/mol. The summed E-state index contributed by atoms with van der Waals surface area (Å²) in [5.41, 5.74) is 9.74. The number of nitrogens with zero attached hydrogens (tertiary/aromatic N) is 3. The van der Waals surface area contributed by atoms with Crippen LogP contribution in [0.1, 0.15) is 0 Å². The predicted octanol–water partition coefficient (Wildman–Crippen LogP) is 12.1. The summed E-state index contributed by atoms with van der Waals surface area (Å²) in [5, 5.41) is 6.24. The van der Waals surface area contributed by atoms with Crippen LogP contribution in [0.3, 0.4) is 0 Å². The van der Waals surface area contributed by atoms with Gasteiger partial charge >= 0.3 is 0 Å². The zero-order valence-electron chi connectivity index (χ0n) is 25.8. The smallest absolute Gasteiger partial charge is 0.145 e. The molecule has 0 bridgehead atoms. The number of imidazole rings is 1. The molecule has 0 unspecified atom stereocenters. The van der Waals surface area contributed by atoms with E-state index < -0.39 is 0 Å². The third-order valence-corrected chi connectivity index (χ3v) is 10.5. The molecule has 0 aliphatic rings. The average molecular weight is 630 g/mol. The number of rotatable bonds is 4. The van der Waals surface area contributed by atoms with E-state index in [4.69, 9.17) is 9.97 Å². The van der Waals surface area contributed by atoms with Crippen molar-refractivity contribution < 1.29 is 0 Å². The van der Waals surface area contributed by atoms with Crippen LogP contribution in [-0.4, -0.2) is 14.5 Å². The summed E-state index contributed by atoms with van der Waals surface area (Å²) in [6, 6.07) is 58.3. The van der Waals surface area contributed by atoms with E-state index in [1.165, 1.54) is 41.9 Å². The lowest BCUT2D eigenvalue weighted by molar-refractivity contribution is 1.10. The molecule has 224 valence electrons. The Hall–Kier alpha value is -6.10. The van der Waals surface area contributed by atoms with Crippen molar-refractivity contribution in [2.24, 2.45) is 0 Å². The van der Waals surface area contributed by atoms with Gasteiger partial charge in [-0.25, -0.2) is 9.97 Å². The molecule has 0 saturated carbocycles. The first kappa shape index (κ1) is 27.1. The number of para-hydroxylation sites is 4. The molecule has 0 aliphatic heterocycles. The number of aromatic nitrogens is 3. The van der Waals surface area contributed by atoms with Gasteiger partial charge in [0, 0.05) is 47.8 Å². The van der Waals surface area contributed by atoms with E-state index >= 15 is 0 Å². The molecule has 0 N–H and O–H groups in total. The van der Waals surface area contributed by atoms with Crippen LogP contribution in [0, 0.1) is 0 Å². The summed E-state index contributed by atoms with van der Waals surface area (Å²) in [6.45, 7) is 0. The van der Waals surface area contributed by atoms with Crippen LogP contribution in [0.2, 0.25) is 0 Å². The van der Waals surface area contributed by atoms with Crippen LogP contribution in [0.5, 0.6) is 0 Å². The molecule has 0 saturated heterocycles. The van der Waals surface area contributed by atoms with Crippen molar-refractivity contribution in [2.45, 2.75) is 0 Å². The van der Waals surface area contributed by atoms with E-state index in [0.29, 0.717) is 0 Å². The molecule has 3 nitrogen and oxygen atoms in total. The van der Waals surface area contributed by atoms with Crippen LogP contribution in [0.4, 0.5) is 0 Å². The molecule has 4 heteroatoms. The fourth-order valence-electron chi connectivity index (χ4n) is 7.08. The molecule has 0 fully saturated rings. The van der Waals surface area contributed by atoms with Crippen molar-refractivity contribution >= 4 is 64.2 Å². The van der Waals surface area contributed by atoms with Gasteiger partial charge in [-0.3, -0.25) is 4.57 Å². The molecule has 3 aromatic heterocycles. The molecule has 7 aromatic carbocycles. The summed E-state index contributed by atoms with van der Waals surface area (Å²) < 4.78 is 4.85. The fourth-order valence-corrected chi connectivity index (χ4v) is 8.21. The van der Waals surface area contributed by atoms with Gasteiger partial charge in [-0.2, -0.15) is 0 Å². The maximum Gasteiger partial charge on any atom is 0.145 e. The molecule has 10 rings (SSSR count). The Balaban J connectivity index is 1.05. The van der Waals surface area contributed by atoms with Crippen LogP contribution in [0.25, 0.3) is 92.3 Å². The lowest BCUT2D eigenvalue weighted by atomic mass is 9.96. The maximum atomic E-state index is 5.23. The lowest BCUT2D eigenvalue weighted by Gasteiger charge is -2.12. The molecular formula is C44H27N3S. The summed E-state index contributed by atoms with van der Waals surface area (Å²) >= 11 is 1.85. The zero-order chi connectivity index (χ0) is 31.6. The second kappa shape index (κ2) is 10.7. The van der Waals surface area contributed by atoms with Gasteiger partial charge in [-0.1, -0.05) is 115 Å². The van der Waals surface area contributed by atoms with E-state index in [0.717, 1.165) is 50.4 Å². The minimum atomic E-state index is 0.936. The van der Waals surface area contributed by atoms with Crippen molar-refractivity contribution in [3.63, 3.8) is 0 Å². The fraction of sp³-hybridized carbons (Fsp3) is 0. The second-order valence-corrected chi connectivity index (χ2v) is 13.3. The maximum absolute atomic E-state index is 5.23. The number of benzene rings is 7. The minimum absolute atomic E-state index is 0.936. The Morgan fingerprint density at radius 2 is 1.02 bits per heavy atom. The van der Waals surface area contributed by atoms with Gasteiger partial charge < -0.3 is 0 Å². The number of thiophene rings is 1. The molecule has 0 amide bonds. The van der Waals surface area contributed by atoms with Crippen molar-refractivity contribution in [3.8, 4) is 39.5 Å². The molecule has 48 heavy (non-hydrogen) atoms. The van der Waals surface area contributed by atoms with Gasteiger partial charge in [0.05, 0.1) is 22.2 Å². The molecule has 0 atom stereocenters. The Morgan fingerprint density at radius 3 is 1.81 bits per heavy atom. The zero-order valence-corrected chi connectivity index (χ0v) is 26.7. The Labute approximate surface area is 281 Å². The van der Waals surface area contributed by atoms with Crippen molar-refractivity contribution in [3.05, 3.63) is 164 Å². The quantitative estimate of drug-likeness (QED) is 0.181. The molecule has 10 aromatic rings. The molecule has 0 aliphatic carbocycles. The van der Waals surface area contributed by atoms with Crippen LogP contribution >= 0.6 is 11.3 Å². The van der Waals surface area contributed by atoms with Gasteiger partial charge in [0.25, 0.3) is 0 Å². The summed E-state index contributed by atoms with van der Waals surface area (Å²) in [6.07, 6.45) is 0. The Kier molecular flexibility index (Phi) is 6.05. The minimum Gasteiger partial charge on any atom is -0.292 e.